The molecular weight excluding hydrogens is 356 g/mol. The van der Waals surface area contributed by atoms with E-state index >= 15 is 0 Å². The number of anilines is 1. The van der Waals surface area contributed by atoms with Crippen LogP contribution in [0.3, 0.4) is 0 Å². The van der Waals surface area contributed by atoms with Gasteiger partial charge < -0.3 is 14.4 Å². The number of carbonyl (C=O) groups is 1. The molecule has 1 saturated heterocycles. The second-order valence-corrected chi connectivity index (χ2v) is 6.58. The predicted octanol–water partition coefficient (Wildman–Crippen LogP) is 3.54. The summed E-state index contributed by atoms with van der Waals surface area (Å²) >= 11 is 0. The summed E-state index contributed by atoms with van der Waals surface area (Å²) in [5.41, 5.74) is 3.76. The molecule has 0 spiro atoms. The van der Waals surface area contributed by atoms with Crippen LogP contribution in [-0.2, 0) is 6.54 Å². The van der Waals surface area contributed by atoms with Crippen LogP contribution >= 0.6 is 0 Å². The van der Waals surface area contributed by atoms with Crippen LogP contribution in [0.5, 0.6) is 11.5 Å². The van der Waals surface area contributed by atoms with E-state index < -0.39 is 0 Å². The summed E-state index contributed by atoms with van der Waals surface area (Å²) in [7, 11) is 3.26. The number of hydrogen-bond acceptors (Lipinski definition) is 4. The zero-order chi connectivity index (χ0) is 19.5. The van der Waals surface area contributed by atoms with Crippen molar-refractivity contribution in [2.24, 2.45) is 0 Å². The molecule has 1 aromatic heterocycles. The van der Waals surface area contributed by atoms with Crippen molar-refractivity contribution in [1.29, 1.82) is 0 Å². The quantitative estimate of drug-likeness (QED) is 0.712. The fourth-order valence-corrected chi connectivity index (χ4v) is 3.43. The largest absolute Gasteiger partial charge is 0.497 e. The van der Waals surface area contributed by atoms with Crippen LogP contribution in [0, 0.1) is 0 Å². The highest BCUT2D eigenvalue weighted by Gasteiger charge is 2.31. The van der Waals surface area contributed by atoms with Crippen molar-refractivity contribution in [2.45, 2.75) is 6.54 Å². The van der Waals surface area contributed by atoms with E-state index in [1.54, 1.807) is 25.3 Å². The molecule has 7 nitrogen and oxygen atoms in total. The van der Waals surface area contributed by atoms with Gasteiger partial charge in [-0.3, -0.25) is 10.00 Å². The Bertz CT molecular complexity index is 972. The van der Waals surface area contributed by atoms with E-state index in [-0.39, 0.29) is 6.03 Å². The Morgan fingerprint density at radius 2 is 1.96 bits per heavy atom. The van der Waals surface area contributed by atoms with Crippen molar-refractivity contribution in [3.05, 3.63) is 60.4 Å². The van der Waals surface area contributed by atoms with Crippen LogP contribution in [0.2, 0.25) is 0 Å². The second-order valence-electron chi connectivity index (χ2n) is 6.58. The van der Waals surface area contributed by atoms with Crippen LogP contribution in [0.4, 0.5) is 10.5 Å². The summed E-state index contributed by atoms with van der Waals surface area (Å²) in [4.78, 5) is 16.6. The molecule has 0 atom stereocenters. The van der Waals surface area contributed by atoms with Gasteiger partial charge in [-0.1, -0.05) is 18.2 Å². The summed E-state index contributed by atoms with van der Waals surface area (Å²) in [5.74, 6) is 1.45. The molecule has 7 heteroatoms. The monoisotopic (exact) mass is 378 g/mol. The molecule has 0 radical (unpaired) electrons. The van der Waals surface area contributed by atoms with Crippen LogP contribution in [0.25, 0.3) is 11.1 Å². The molecule has 2 heterocycles. The summed E-state index contributed by atoms with van der Waals surface area (Å²) in [5, 5.41) is 6.79. The summed E-state index contributed by atoms with van der Waals surface area (Å²) in [6.07, 6.45) is 3.58. The fourth-order valence-electron chi connectivity index (χ4n) is 3.43. The van der Waals surface area contributed by atoms with Gasteiger partial charge >= 0.3 is 6.03 Å². The minimum Gasteiger partial charge on any atom is -0.497 e. The number of nitrogens with zero attached hydrogens (tertiary/aromatic N) is 3. The number of hydrogen-bond donors (Lipinski definition) is 1. The van der Waals surface area contributed by atoms with Crippen molar-refractivity contribution in [3.63, 3.8) is 0 Å². The number of amides is 2. The smallest absolute Gasteiger partial charge is 0.325 e. The van der Waals surface area contributed by atoms with E-state index in [2.05, 4.69) is 10.2 Å². The van der Waals surface area contributed by atoms with Gasteiger partial charge in [0.2, 0.25) is 0 Å². The van der Waals surface area contributed by atoms with E-state index in [4.69, 9.17) is 9.47 Å². The van der Waals surface area contributed by atoms with Crippen molar-refractivity contribution in [1.82, 2.24) is 15.1 Å². The highest BCUT2D eigenvalue weighted by atomic mass is 16.5. The number of urea groups is 1. The van der Waals surface area contributed by atoms with Gasteiger partial charge in [-0.15, -0.1) is 0 Å². The number of carbonyl (C=O) groups excluding carboxylic acids is 1. The molecule has 1 aliphatic rings. The predicted molar refractivity (Wildman–Crippen MR) is 107 cm³/mol. The van der Waals surface area contributed by atoms with Gasteiger partial charge in [0.1, 0.15) is 11.5 Å². The Balaban J connectivity index is 1.54. The first kappa shape index (κ1) is 17.9. The minimum atomic E-state index is -0.0304. The number of rotatable bonds is 6. The standard InChI is InChI=1S/C21H22N4O3/c1-27-18-5-3-4-15(10-18)14-24-8-9-25(21(24)26)19-7-6-16(11-20(19)28-2)17-12-22-23-13-17/h3-7,10-13H,8-9,14H2,1-2H3,(H,22,23). The van der Waals surface area contributed by atoms with Crippen LogP contribution < -0.4 is 14.4 Å². The molecule has 144 valence electrons. The number of aromatic nitrogens is 2. The molecule has 0 unspecified atom stereocenters. The number of aromatic amines is 1. The lowest BCUT2D eigenvalue weighted by Gasteiger charge is -2.21. The summed E-state index contributed by atoms with van der Waals surface area (Å²) in [6.45, 7) is 1.81. The van der Waals surface area contributed by atoms with E-state index in [1.165, 1.54) is 0 Å². The Morgan fingerprint density at radius 3 is 2.71 bits per heavy atom. The third-order valence-electron chi connectivity index (χ3n) is 4.90. The first-order valence-corrected chi connectivity index (χ1v) is 9.06. The Labute approximate surface area is 163 Å². The van der Waals surface area contributed by atoms with E-state index in [0.717, 1.165) is 28.1 Å². The van der Waals surface area contributed by atoms with Crippen LogP contribution in [-0.4, -0.2) is 48.4 Å². The fraction of sp³-hybridized carbons (Fsp3) is 0.238. The topological polar surface area (TPSA) is 70.7 Å². The Hall–Kier alpha value is -3.48. The molecule has 2 aromatic carbocycles. The lowest BCUT2D eigenvalue weighted by Crippen LogP contribution is -2.31. The molecular formula is C21H22N4O3. The normalized spacial score (nSPS) is 13.9. The van der Waals surface area contributed by atoms with Crippen molar-refractivity contribution in [2.75, 3.05) is 32.2 Å². The van der Waals surface area contributed by atoms with Gasteiger partial charge in [-0.05, 0) is 35.4 Å². The molecule has 2 amide bonds. The molecule has 3 aromatic rings. The van der Waals surface area contributed by atoms with Gasteiger partial charge in [0.25, 0.3) is 0 Å². The zero-order valence-electron chi connectivity index (χ0n) is 15.9. The van der Waals surface area contributed by atoms with Crippen molar-refractivity contribution in [3.8, 4) is 22.6 Å². The van der Waals surface area contributed by atoms with Crippen LogP contribution in [0.15, 0.2) is 54.9 Å². The van der Waals surface area contributed by atoms with E-state index in [1.807, 2.05) is 53.6 Å². The molecule has 0 bridgehead atoms. The van der Waals surface area contributed by atoms with E-state index in [9.17, 15) is 4.79 Å². The lowest BCUT2D eigenvalue weighted by molar-refractivity contribution is 0.218. The van der Waals surface area contributed by atoms with Crippen LogP contribution in [0.1, 0.15) is 5.56 Å². The maximum absolute atomic E-state index is 13.0. The average molecular weight is 378 g/mol. The molecule has 1 aliphatic heterocycles. The van der Waals surface area contributed by atoms with Gasteiger partial charge in [-0.2, -0.15) is 5.10 Å². The van der Waals surface area contributed by atoms with Crippen molar-refractivity contribution >= 4 is 11.7 Å². The summed E-state index contributed by atoms with van der Waals surface area (Å²) < 4.78 is 10.8. The zero-order valence-corrected chi connectivity index (χ0v) is 15.9. The van der Waals surface area contributed by atoms with Crippen molar-refractivity contribution < 1.29 is 14.3 Å². The molecule has 0 aliphatic carbocycles. The van der Waals surface area contributed by atoms with E-state index in [0.29, 0.717) is 25.4 Å². The molecule has 4 rings (SSSR count). The molecule has 0 saturated carbocycles. The minimum absolute atomic E-state index is 0.0304. The number of H-pyrrole nitrogens is 1. The first-order valence-electron chi connectivity index (χ1n) is 9.06. The maximum Gasteiger partial charge on any atom is 0.325 e. The SMILES string of the molecule is COc1cccc(CN2CCN(c3ccc(-c4cn[nH]c4)cc3OC)C2=O)c1. The average Bonchev–Trinajstić information content (AvgIpc) is 3.39. The first-order chi connectivity index (χ1) is 13.7. The Morgan fingerprint density at radius 1 is 1.07 bits per heavy atom. The third-order valence-corrected chi connectivity index (χ3v) is 4.90. The second kappa shape index (κ2) is 7.64. The molecule has 1 N–H and O–H groups in total. The van der Waals surface area contributed by atoms with Gasteiger partial charge in [0.15, 0.2) is 0 Å². The maximum atomic E-state index is 13.0. The number of nitrogens with one attached hydrogen (secondary N) is 1. The van der Waals surface area contributed by atoms with Gasteiger partial charge in [0, 0.05) is 31.4 Å². The highest BCUT2D eigenvalue weighted by molar-refractivity contribution is 5.96. The Kier molecular flexibility index (Phi) is 4.89. The highest BCUT2D eigenvalue weighted by Crippen LogP contribution is 2.35. The number of ether oxygens (including phenoxy) is 2. The molecule has 1 fully saturated rings. The number of methoxy groups -OCH3 is 2. The lowest BCUT2D eigenvalue weighted by atomic mass is 10.1. The van der Waals surface area contributed by atoms with Gasteiger partial charge in [0.05, 0.1) is 26.1 Å². The van der Waals surface area contributed by atoms with Gasteiger partial charge in [-0.25, -0.2) is 4.79 Å². The summed E-state index contributed by atoms with van der Waals surface area (Å²) in [6, 6.07) is 13.6. The third kappa shape index (κ3) is 3.38. The number of benzene rings is 2. The molecule has 28 heavy (non-hydrogen) atoms.